The fourth-order valence-corrected chi connectivity index (χ4v) is 0.876. The van der Waals surface area contributed by atoms with Crippen LogP contribution in [0.2, 0.25) is 0 Å². The van der Waals surface area contributed by atoms with Crippen LogP contribution in [0.4, 0.5) is 4.39 Å². The molecule has 0 amide bonds. The van der Waals surface area contributed by atoms with Crippen molar-refractivity contribution in [2.45, 2.75) is 6.92 Å². The fraction of sp³-hybridized carbons (Fsp3) is 0.100. The molecule has 0 radical (unpaired) electrons. The molecule has 0 spiro atoms. The average molecular weight is 164 g/mol. The van der Waals surface area contributed by atoms with Gasteiger partial charge in [-0.1, -0.05) is 18.7 Å². The minimum absolute atomic E-state index is 0.213. The molecule has 0 aromatic heterocycles. The van der Waals surface area contributed by atoms with Crippen LogP contribution in [0, 0.1) is 5.82 Å². The number of carbonyl (C=O) groups excluding carboxylic acids is 1. The van der Waals surface area contributed by atoms with Gasteiger partial charge in [-0.15, -0.1) is 0 Å². The zero-order valence-electron chi connectivity index (χ0n) is 6.80. The molecule has 0 fully saturated rings. The van der Waals surface area contributed by atoms with E-state index in [1.165, 1.54) is 18.2 Å². The molecule has 0 aliphatic carbocycles. The van der Waals surface area contributed by atoms with Crippen LogP contribution in [0.5, 0.6) is 0 Å². The van der Waals surface area contributed by atoms with Crippen molar-refractivity contribution in [1.29, 1.82) is 0 Å². The molecule has 0 unspecified atom stereocenters. The first-order valence-electron chi connectivity index (χ1n) is 3.57. The second-order valence-corrected chi connectivity index (χ2v) is 2.62. The van der Waals surface area contributed by atoms with Gasteiger partial charge in [0.1, 0.15) is 5.82 Å². The lowest BCUT2D eigenvalue weighted by Gasteiger charge is -1.98. The van der Waals surface area contributed by atoms with Crippen molar-refractivity contribution in [3.05, 3.63) is 47.8 Å². The molecule has 12 heavy (non-hydrogen) atoms. The lowest BCUT2D eigenvalue weighted by molar-refractivity contribution is 0.103. The molecule has 0 aliphatic rings. The number of halogens is 1. The Kier molecular flexibility index (Phi) is 2.38. The van der Waals surface area contributed by atoms with E-state index in [9.17, 15) is 9.18 Å². The van der Waals surface area contributed by atoms with Crippen molar-refractivity contribution >= 4 is 5.78 Å². The Morgan fingerprint density at radius 2 is 2.17 bits per heavy atom. The second-order valence-electron chi connectivity index (χ2n) is 2.62. The highest BCUT2D eigenvalue weighted by Crippen LogP contribution is 2.08. The van der Waals surface area contributed by atoms with Crippen LogP contribution in [-0.2, 0) is 0 Å². The molecule has 62 valence electrons. The largest absolute Gasteiger partial charge is 0.289 e. The van der Waals surface area contributed by atoms with Crippen LogP contribution < -0.4 is 0 Å². The number of hydrogen-bond donors (Lipinski definition) is 0. The molecule has 1 rings (SSSR count). The van der Waals surface area contributed by atoms with E-state index in [0.29, 0.717) is 11.1 Å². The Bertz CT molecular complexity index is 328. The standard InChI is InChI=1S/C10H9FO/c1-7(2)10(12)8-4-3-5-9(11)6-8/h3-6H,1H2,2H3. The Labute approximate surface area is 70.5 Å². The quantitative estimate of drug-likeness (QED) is 0.485. The van der Waals surface area contributed by atoms with Gasteiger partial charge in [0, 0.05) is 5.56 Å². The van der Waals surface area contributed by atoms with E-state index in [-0.39, 0.29) is 5.78 Å². The van der Waals surface area contributed by atoms with Crippen molar-refractivity contribution < 1.29 is 9.18 Å². The maximum absolute atomic E-state index is 12.6. The van der Waals surface area contributed by atoms with Crippen LogP contribution in [0.15, 0.2) is 36.4 Å². The van der Waals surface area contributed by atoms with Gasteiger partial charge in [0.2, 0.25) is 0 Å². The molecule has 0 heterocycles. The SMILES string of the molecule is C=C(C)C(=O)c1cccc(F)c1. The Hall–Kier alpha value is -1.44. The summed E-state index contributed by atoms with van der Waals surface area (Å²) in [6, 6.07) is 5.58. The zero-order valence-corrected chi connectivity index (χ0v) is 6.80. The third-order valence-corrected chi connectivity index (χ3v) is 1.47. The van der Waals surface area contributed by atoms with E-state index in [2.05, 4.69) is 6.58 Å². The van der Waals surface area contributed by atoms with Crippen LogP contribution >= 0.6 is 0 Å². The van der Waals surface area contributed by atoms with Gasteiger partial charge < -0.3 is 0 Å². The van der Waals surface area contributed by atoms with Crippen LogP contribution in [0.3, 0.4) is 0 Å². The van der Waals surface area contributed by atoms with Gasteiger partial charge in [-0.05, 0) is 24.6 Å². The number of carbonyl (C=O) groups is 1. The Morgan fingerprint density at radius 1 is 1.50 bits per heavy atom. The first-order valence-corrected chi connectivity index (χ1v) is 3.57. The van der Waals surface area contributed by atoms with Gasteiger partial charge in [0.05, 0.1) is 0 Å². The topological polar surface area (TPSA) is 17.1 Å². The Balaban J connectivity index is 3.04. The van der Waals surface area contributed by atoms with Gasteiger partial charge in [0.15, 0.2) is 5.78 Å². The van der Waals surface area contributed by atoms with Crippen molar-refractivity contribution in [1.82, 2.24) is 0 Å². The lowest BCUT2D eigenvalue weighted by atomic mass is 10.1. The van der Waals surface area contributed by atoms with E-state index in [4.69, 9.17) is 0 Å². The summed E-state index contributed by atoms with van der Waals surface area (Å²) in [4.78, 5) is 11.2. The van der Waals surface area contributed by atoms with Crippen molar-refractivity contribution in [3.8, 4) is 0 Å². The first kappa shape index (κ1) is 8.65. The molecule has 1 aromatic carbocycles. The van der Waals surface area contributed by atoms with E-state index < -0.39 is 5.82 Å². The van der Waals surface area contributed by atoms with Crippen molar-refractivity contribution in [2.75, 3.05) is 0 Å². The summed E-state index contributed by atoms with van der Waals surface area (Å²) in [6.45, 7) is 5.09. The lowest BCUT2D eigenvalue weighted by Crippen LogP contribution is -1.99. The first-order chi connectivity index (χ1) is 5.61. The van der Waals surface area contributed by atoms with E-state index >= 15 is 0 Å². The molecular weight excluding hydrogens is 155 g/mol. The third kappa shape index (κ3) is 1.78. The molecule has 0 saturated heterocycles. The highest BCUT2D eigenvalue weighted by Gasteiger charge is 2.05. The third-order valence-electron chi connectivity index (χ3n) is 1.47. The minimum atomic E-state index is -0.401. The van der Waals surface area contributed by atoms with Gasteiger partial charge in [0.25, 0.3) is 0 Å². The summed E-state index contributed by atoms with van der Waals surface area (Å²) in [7, 11) is 0. The van der Waals surface area contributed by atoms with Crippen LogP contribution in [0.25, 0.3) is 0 Å². The summed E-state index contributed by atoms with van der Waals surface area (Å²) in [5.74, 6) is -0.614. The molecule has 0 bridgehead atoms. The van der Waals surface area contributed by atoms with Gasteiger partial charge in [-0.25, -0.2) is 4.39 Å². The smallest absolute Gasteiger partial charge is 0.188 e. The molecule has 1 nitrogen and oxygen atoms in total. The predicted octanol–water partition coefficient (Wildman–Crippen LogP) is 2.58. The van der Waals surface area contributed by atoms with Crippen LogP contribution in [0.1, 0.15) is 17.3 Å². The minimum Gasteiger partial charge on any atom is -0.289 e. The number of rotatable bonds is 2. The van der Waals surface area contributed by atoms with Crippen LogP contribution in [-0.4, -0.2) is 5.78 Å². The number of ketones is 1. The normalized spacial score (nSPS) is 9.50. The summed E-state index contributed by atoms with van der Waals surface area (Å²) in [5, 5.41) is 0. The molecule has 0 aliphatic heterocycles. The van der Waals surface area contributed by atoms with Crippen molar-refractivity contribution in [2.24, 2.45) is 0 Å². The van der Waals surface area contributed by atoms with Gasteiger partial charge in [-0.2, -0.15) is 0 Å². The monoisotopic (exact) mass is 164 g/mol. The number of benzene rings is 1. The second kappa shape index (κ2) is 3.30. The zero-order chi connectivity index (χ0) is 9.14. The maximum atomic E-state index is 12.6. The molecule has 1 aromatic rings. The molecule has 0 atom stereocenters. The highest BCUT2D eigenvalue weighted by molar-refractivity contribution is 6.07. The molecule has 0 N–H and O–H groups in total. The maximum Gasteiger partial charge on any atom is 0.188 e. The number of allylic oxidation sites excluding steroid dienone is 1. The highest BCUT2D eigenvalue weighted by atomic mass is 19.1. The molecular formula is C10H9FO. The summed E-state index contributed by atoms with van der Waals surface area (Å²) < 4.78 is 12.6. The summed E-state index contributed by atoms with van der Waals surface area (Å²) in [5.41, 5.74) is 0.767. The molecule has 0 saturated carbocycles. The summed E-state index contributed by atoms with van der Waals surface area (Å²) in [6.07, 6.45) is 0. The fourth-order valence-electron chi connectivity index (χ4n) is 0.876. The van der Waals surface area contributed by atoms with E-state index in [1.54, 1.807) is 13.0 Å². The van der Waals surface area contributed by atoms with E-state index in [0.717, 1.165) is 0 Å². The number of Topliss-reactive ketones (excluding diaryl/α,β-unsaturated/α-hetero) is 1. The van der Waals surface area contributed by atoms with Gasteiger partial charge in [-0.3, -0.25) is 4.79 Å². The average Bonchev–Trinajstić information content (AvgIpc) is 2.03. The number of hydrogen-bond acceptors (Lipinski definition) is 1. The Morgan fingerprint density at radius 3 is 2.67 bits per heavy atom. The van der Waals surface area contributed by atoms with E-state index in [1.807, 2.05) is 0 Å². The van der Waals surface area contributed by atoms with Crippen molar-refractivity contribution in [3.63, 3.8) is 0 Å². The summed E-state index contributed by atoms with van der Waals surface area (Å²) >= 11 is 0. The predicted molar refractivity (Wildman–Crippen MR) is 45.5 cm³/mol. The molecule has 2 heteroatoms. The van der Waals surface area contributed by atoms with Gasteiger partial charge >= 0.3 is 0 Å².